The molecule has 0 amide bonds. The van der Waals surface area contributed by atoms with E-state index in [0.29, 0.717) is 19.8 Å². The first kappa shape index (κ1) is 27.7. The van der Waals surface area contributed by atoms with Crippen molar-refractivity contribution in [3.05, 3.63) is 23.9 Å². The summed E-state index contributed by atoms with van der Waals surface area (Å²) in [5.74, 6) is 0.603. The van der Waals surface area contributed by atoms with Gasteiger partial charge in [0.15, 0.2) is 5.96 Å². The fourth-order valence-electron chi connectivity index (χ4n) is 3.22. The standard InChI is InChI=1S/C20H32F3N5O2.HI/c1-3-24-19(28-12-7-16(8-13-28)30-15-5-14-29-2)27-11-10-26-18-17(20(21,22)23)6-4-9-25-18;/h4,6,9,16H,3,5,7-8,10-15H2,1-2H3,(H,24,27)(H,25,26);1H. The molecule has 0 bridgehead atoms. The molecular weight excluding hydrogens is 526 g/mol. The maximum atomic E-state index is 13.0. The number of anilines is 1. The predicted molar refractivity (Wildman–Crippen MR) is 126 cm³/mol. The molecule has 0 unspecified atom stereocenters. The molecule has 2 heterocycles. The van der Waals surface area contributed by atoms with E-state index in [9.17, 15) is 13.2 Å². The SMILES string of the molecule is CCNC(=NCCNc1ncccc1C(F)(F)F)N1CCC(OCCCOC)CC1.I. The van der Waals surface area contributed by atoms with Crippen molar-refractivity contribution in [2.45, 2.75) is 38.5 Å². The summed E-state index contributed by atoms with van der Waals surface area (Å²) in [6.07, 6.45) is -0.137. The van der Waals surface area contributed by atoms with Gasteiger partial charge in [0.1, 0.15) is 5.82 Å². The highest BCUT2D eigenvalue weighted by atomic mass is 127. The molecule has 0 aliphatic carbocycles. The normalized spacial score (nSPS) is 15.5. The van der Waals surface area contributed by atoms with E-state index < -0.39 is 11.7 Å². The van der Waals surface area contributed by atoms with Gasteiger partial charge in [-0.25, -0.2) is 4.98 Å². The zero-order valence-corrected chi connectivity index (χ0v) is 20.4. The van der Waals surface area contributed by atoms with E-state index in [-0.39, 0.29) is 42.4 Å². The zero-order chi connectivity index (χ0) is 21.8. The second-order valence-electron chi connectivity index (χ2n) is 6.96. The molecule has 1 saturated heterocycles. The molecule has 31 heavy (non-hydrogen) atoms. The predicted octanol–water partition coefficient (Wildman–Crippen LogP) is 3.61. The molecule has 1 aliphatic rings. The van der Waals surface area contributed by atoms with E-state index >= 15 is 0 Å². The molecule has 1 aromatic heterocycles. The lowest BCUT2D eigenvalue weighted by atomic mass is 10.1. The number of aliphatic imine (C=N–C) groups is 1. The minimum absolute atomic E-state index is 0. The van der Waals surface area contributed by atoms with Crippen LogP contribution in [0.2, 0.25) is 0 Å². The summed E-state index contributed by atoms with van der Waals surface area (Å²) in [5, 5.41) is 6.00. The number of nitrogens with one attached hydrogen (secondary N) is 2. The number of alkyl halides is 3. The smallest absolute Gasteiger partial charge is 0.385 e. The fraction of sp³-hybridized carbons (Fsp3) is 0.700. The van der Waals surface area contributed by atoms with Gasteiger partial charge >= 0.3 is 6.18 Å². The van der Waals surface area contributed by atoms with Gasteiger partial charge in [-0.2, -0.15) is 13.2 Å². The van der Waals surface area contributed by atoms with Gasteiger partial charge in [0.2, 0.25) is 0 Å². The summed E-state index contributed by atoms with van der Waals surface area (Å²) >= 11 is 0. The molecule has 11 heteroatoms. The Balaban J connectivity index is 0.00000480. The van der Waals surface area contributed by atoms with Crippen molar-refractivity contribution in [3.8, 4) is 0 Å². The van der Waals surface area contributed by atoms with Gasteiger partial charge in [0.05, 0.1) is 18.2 Å². The Hall–Kier alpha value is -1.34. The second kappa shape index (κ2) is 14.7. The zero-order valence-electron chi connectivity index (χ0n) is 18.1. The molecule has 2 rings (SSSR count). The molecule has 1 fully saturated rings. The number of hydrogen-bond donors (Lipinski definition) is 2. The third-order valence-electron chi connectivity index (χ3n) is 4.70. The molecule has 1 aliphatic heterocycles. The number of aromatic nitrogens is 1. The van der Waals surface area contributed by atoms with Crippen LogP contribution in [0.3, 0.4) is 0 Å². The van der Waals surface area contributed by atoms with Gasteiger partial charge < -0.3 is 25.0 Å². The third kappa shape index (κ3) is 9.77. The summed E-state index contributed by atoms with van der Waals surface area (Å²) in [7, 11) is 1.68. The van der Waals surface area contributed by atoms with Crippen LogP contribution in [0.15, 0.2) is 23.3 Å². The average molecular weight is 559 g/mol. The number of pyridine rings is 1. The van der Waals surface area contributed by atoms with Crippen LogP contribution >= 0.6 is 24.0 Å². The highest BCUT2D eigenvalue weighted by Crippen LogP contribution is 2.33. The molecule has 7 nitrogen and oxygen atoms in total. The van der Waals surface area contributed by atoms with Crippen LogP contribution in [-0.2, 0) is 15.7 Å². The first-order chi connectivity index (χ1) is 14.5. The first-order valence-electron chi connectivity index (χ1n) is 10.4. The summed E-state index contributed by atoms with van der Waals surface area (Å²) < 4.78 is 50.0. The number of rotatable bonds is 10. The quantitative estimate of drug-likeness (QED) is 0.198. The van der Waals surface area contributed by atoms with Crippen LogP contribution < -0.4 is 10.6 Å². The molecule has 1 aromatic rings. The molecule has 0 atom stereocenters. The van der Waals surface area contributed by atoms with E-state index in [1.165, 1.54) is 12.3 Å². The van der Waals surface area contributed by atoms with E-state index in [2.05, 4.69) is 25.5 Å². The van der Waals surface area contributed by atoms with Gasteiger partial charge in [0.25, 0.3) is 0 Å². The van der Waals surface area contributed by atoms with Crippen molar-refractivity contribution in [2.75, 3.05) is 58.4 Å². The fourth-order valence-corrected chi connectivity index (χ4v) is 3.22. The molecule has 0 saturated carbocycles. The number of nitrogens with zero attached hydrogens (tertiary/aromatic N) is 3. The number of methoxy groups -OCH3 is 1. The lowest BCUT2D eigenvalue weighted by Crippen LogP contribution is -2.47. The topological polar surface area (TPSA) is 71.0 Å². The monoisotopic (exact) mass is 559 g/mol. The van der Waals surface area contributed by atoms with E-state index in [4.69, 9.17) is 9.47 Å². The van der Waals surface area contributed by atoms with Crippen molar-refractivity contribution >= 4 is 35.8 Å². The molecular formula is C20H33F3IN5O2. The van der Waals surface area contributed by atoms with E-state index in [0.717, 1.165) is 50.9 Å². The number of ether oxygens (including phenoxy) is 2. The number of piperidine rings is 1. The average Bonchev–Trinajstić information content (AvgIpc) is 2.73. The van der Waals surface area contributed by atoms with Gasteiger partial charge in [-0.1, -0.05) is 0 Å². The minimum Gasteiger partial charge on any atom is -0.385 e. The molecule has 0 aromatic carbocycles. The third-order valence-corrected chi connectivity index (χ3v) is 4.70. The van der Waals surface area contributed by atoms with Crippen molar-refractivity contribution in [2.24, 2.45) is 4.99 Å². The summed E-state index contributed by atoms with van der Waals surface area (Å²) in [5.41, 5.74) is -0.770. The van der Waals surface area contributed by atoms with Crippen molar-refractivity contribution in [1.82, 2.24) is 15.2 Å². The van der Waals surface area contributed by atoms with E-state index in [1.54, 1.807) is 7.11 Å². The number of hydrogen-bond acceptors (Lipinski definition) is 5. The lowest BCUT2D eigenvalue weighted by molar-refractivity contribution is -0.137. The largest absolute Gasteiger partial charge is 0.419 e. The Morgan fingerprint density at radius 3 is 2.68 bits per heavy atom. The Kier molecular flexibility index (Phi) is 13.1. The Labute approximate surface area is 199 Å². The second-order valence-corrected chi connectivity index (χ2v) is 6.96. The number of halogens is 4. The molecule has 2 N–H and O–H groups in total. The van der Waals surface area contributed by atoms with Crippen LogP contribution in [-0.4, -0.2) is 75.0 Å². The van der Waals surface area contributed by atoms with Crippen LogP contribution in [0, 0.1) is 0 Å². The first-order valence-corrected chi connectivity index (χ1v) is 10.4. The Morgan fingerprint density at radius 1 is 1.29 bits per heavy atom. The Bertz CT molecular complexity index is 656. The van der Waals surface area contributed by atoms with Crippen molar-refractivity contribution in [3.63, 3.8) is 0 Å². The van der Waals surface area contributed by atoms with Crippen molar-refractivity contribution in [1.29, 1.82) is 0 Å². The highest BCUT2D eigenvalue weighted by Gasteiger charge is 2.33. The summed E-state index contributed by atoms with van der Waals surface area (Å²) in [4.78, 5) is 10.5. The maximum Gasteiger partial charge on any atom is 0.419 e. The summed E-state index contributed by atoms with van der Waals surface area (Å²) in [6.45, 7) is 6.36. The molecule has 178 valence electrons. The van der Waals surface area contributed by atoms with Crippen LogP contribution in [0.5, 0.6) is 0 Å². The van der Waals surface area contributed by atoms with Crippen molar-refractivity contribution < 1.29 is 22.6 Å². The molecule has 0 spiro atoms. The van der Waals surface area contributed by atoms with Gasteiger partial charge in [0, 0.05) is 52.7 Å². The highest BCUT2D eigenvalue weighted by molar-refractivity contribution is 14.0. The van der Waals surface area contributed by atoms with Crippen LogP contribution in [0.4, 0.5) is 19.0 Å². The Morgan fingerprint density at radius 2 is 2.03 bits per heavy atom. The van der Waals surface area contributed by atoms with Crippen LogP contribution in [0.25, 0.3) is 0 Å². The van der Waals surface area contributed by atoms with Gasteiger partial charge in [-0.3, -0.25) is 4.99 Å². The van der Waals surface area contributed by atoms with Gasteiger partial charge in [-0.15, -0.1) is 24.0 Å². The molecule has 0 radical (unpaired) electrons. The number of likely N-dealkylation sites (tertiary alicyclic amines) is 1. The van der Waals surface area contributed by atoms with Crippen LogP contribution in [0.1, 0.15) is 31.7 Å². The number of guanidine groups is 1. The minimum atomic E-state index is -4.44. The maximum absolute atomic E-state index is 13.0. The lowest BCUT2D eigenvalue weighted by Gasteiger charge is -2.34. The van der Waals surface area contributed by atoms with E-state index in [1.807, 2.05) is 6.92 Å². The van der Waals surface area contributed by atoms with Gasteiger partial charge in [-0.05, 0) is 38.3 Å². The summed E-state index contributed by atoms with van der Waals surface area (Å²) in [6, 6.07) is 2.30.